The van der Waals surface area contributed by atoms with Gasteiger partial charge in [0.1, 0.15) is 11.3 Å². The number of allylic oxidation sites excluding steroid dienone is 2. The van der Waals surface area contributed by atoms with Crippen LogP contribution in [0.2, 0.25) is 10.0 Å². The summed E-state index contributed by atoms with van der Waals surface area (Å²) in [6.07, 6.45) is 0.718. The van der Waals surface area contributed by atoms with Gasteiger partial charge in [-0.05, 0) is 42.2 Å². The van der Waals surface area contributed by atoms with E-state index in [0.717, 1.165) is 0 Å². The number of hydrogen-bond acceptors (Lipinski definition) is 5. The van der Waals surface area contributed by atoms with Crippen molar-refractivity contribution in [3.63, 3.8) is 0 Å². The molecule has 1 atom stereocenters. The molecule has 1 amide bonds. The van der Waals surface area contributed by atoms with Gasteiger partial charge in [-0.15, -0.1) is 0 Å². The lowest BCUT2D eigenvalue weighted by molar-refractivity contribution is -0.139. The van der Waals surface area contributed by atoms with E-state index in [1.165, 1.54) is 0 Å². The Labute approximate surface area is 213 Å². The number of esters is 1. The molecule has 182 valence electrons. The summed E-state index contributed by atoms with van der Waals surface area (Å²) in [6.45, 7) is 5.70. The maximum Gasteiger partial charge on any atom is 0.340 e. The van der Waals surface area contributed by atoms with E-state index in [4.69, 9.17) is 32.7 Å². The number of rotatable bonds is 5. The van der Waals surface area contributed by atoms with Gasteiger partial charge in [0, 0.05) is 34.0 Å². The zero-order chi connectivity index (χ0) is 25.3. The lowest BCUT2D eigenvalue weighted by Crippen LogP contribution is -2.38. The van der Waals surface area contributed by atoms with Crippen molar-refractivity contribution in [3.8, 4) is 0 Å². The average Bonchev–Trinajstić information content (AvgIpc) is 2.78. The molecule has 0 saturated heterocycles. The van der Waals surface area contributed by atoms with Gasteiger partial charge in [0.2, 0.25) is 5.88 Å². The van der Waals surface area contributed by atoms with E-state index in [-0.39, 0.29) is 40.7 Å². The molecule has 6 nitrogen and oxygen atoms in total. The van der Waals surface area contributed by atoms with Crippen LogP contribution < -0.4 is 5.32 Å². The van der Waals surface area contributed by atoms with Crippen molar-refractivity contribution in [1.29, 1.82) is 0 Å². The Morgan fingerprint density at radius 2 is 1.83 bits per heavy atom. The summed E-state index contributed by atoms with van der Waals surface area (Å²) in [7, 11) is 0. The minimum atomic E-state index is -0.891. The number of carbonyl (C=O) groups excluding carboxylic acids is 3. The first-order valence-electron chi connectivity index (χ1n) is 11.3. The molecule has 0 spiro atoms. The Kier molecular flexibility index (Phi) is 7.06. The summed E-state index contributed by atoms with van der Waals surface area (Å²) in [5, 5.41) is 3.43. The highest BCUT2D eigenvalue weighted by atomic mass is 35.5. The number of hydrogen-bond donors (Lipinski definition) is 1. The number of Topliss-reactive ketones (excluding diaryl/α,β-unsaturated/α-hetero) is 1. The van der Waals surface area contributed by atoms with Gasteiger partial charge >= 0.3 is 5.97 Å². The second-order valence-electron chi connectivity index (χ2n) is 9.26. The smallest absolute Gasteiger partial charge is 0.340 e. The van der Waals surface area contributed by atoms with E-state index in [1.54, 1.807) is 55.5 Å². The van der Waals surface area contributed by atoms with Crippen molar-refractivity contribution in [2.75, 3.05) is 6.61 Å². The third kappa shape index (κ3) is 5.14. The lowest BCUT2D eigenvalue weighted by atomic mass is 9.70. The molecule has 4 rings (SSSR count). The van der Waals surface area contributed by atoms with Crippen molar-refractivity contribution in [1.82, 2.24) is 5.32 Å². The van der Waals surface area contributed by atoms with Crippen LogP contribution in [0.15, 0.2) is 71.3 Å². The molecule has 2 aromatic rings. The normalized spacial score (nSPS) is 19.1. The summed E-state index contributed by atoms with van der Waals surface area (Å²) in [4.78, 5) is 39.7. The number of ketones is 1. The maximum atomic E-state index is 13.4. The molecule has 35 heavy (non-hydrogen) atoms. The molecule has 0 fully saturated rings. The molecule has 1 aliphatic heterocycles. The van der Waals surface area contributed by atoms with Crippen LogP contribution in [0, 0.1) is 5.41 Å². The summed E-state index contributed by atoms with van der Waals surface area (Å²) < 4.78 is 11.5. The van der Waals surface area contributed by atoms with E-state index >= 15 is 0 Å². The van der Waals surface area contributed by atoms with E-state index in [1.807, 2.05) is 13.8 Å². The number of amides is 1. The molecular weight excluding hydrogens is 489 g/mol. The van der Waals surface area contributed by atoms with Gasteiger partial charge in [0.05, 0.1) is 12.5 Å². The molecule has 1 N–H and O–H groups in total. The zero-order valence-electron chi connectivity index (χ0n) is 19.6. The summed E-state index contributed by atoms with van der Waals surface area (Å²) in [6, 6.07) is 13.4. The molecule has 0 saturated carbocycles. The third-order valence-electron chi connectivity index (χ3n) is 5.96. The predicted molar refractivity (Wildman–Crippen MR) is 133 cm³/mol. The van der Waals surface area contributed by atoms with E-state index in [2.05, 4.69) is 5.32 Å². The van der Waals surface area contributed by atoms with Gasteiger partial charge in [-0.3, -0.25) is 14.9 Å². The SMILES string of the molecule is CCOC(=O)C1=C(NC(=O)c2ccccc2)OC2=C(C(=O)CC(C)(C)C2)C1c1ccc(Cl)cc1Cl. The van der Waals surface area contributed by atoms with Gasteiger partial charge in [-0.2, -0.15) is 0 Å². The van der Waals surface area contributed by atoms with Crippen LogP contribution in [0.4, 0.5) is 0 Å². The van der Waals surface area contributed by atoms with E-state index in [0.29, 0.717) is 33.9 Å². The first-order valence-corrected chi connectivity index (χ1v) is 12.0. The quantitative estimate of drug-likeness (QED) is 0.499. The summed E-state index contributed by atoms with van der Waals surface area (Å²) in [5.41, 5.74) is 0.865. The highest BCUT2D eigenvalue weighted by Gasteiger charge is 2.46. The number of halogens is 2. The third-order valence-corrected chi connectivity index (χ3v) is 6.52. The number of benzene rings is 2. The van der Waals surface area contributed by atoms with Crippen molar-refractivity contribution in [3.05, 3.63) is 92.5 Å². The molecular formula is C27H25Cl2NO5. The molecule has 2 aromatic carbocycles. The molecule has 1 aliphatic carbocycles. The minimum Gasteiger partial charge on any atom is -0.462 e. The van der Waals surface area contributed by atoms with Crippen LogP contribution in [-0.4, -0.2) is 24.3 Å². The zero-order valence-corrected chi connectivity index (χ0v) is 21.1. The number of nitrogens with one attached hydrogen (secondary N) is 1. The van der Waals surface area contributed by atoms with Gasteiger partial charge in [-0.1, -0.05) is 61.3 Å². The van der Waals surface area contributed by atoms with Crippen LogP contribution in [0.25, 0.3) is 0 Å². The Morgan fingerprint density at radius 3 is 2.49 bits per heavy atom. The van der Waals surface area contributed by atoms with Crippen LogP contribution >= 0.6 is 23.2 Å². The standard InChI is InChI=1S/C27H25Cl2NO5/c1-4-34-26(33)23-21(17-11-10-16(28)12-18(17)29)22-19(31)13-27(2,3)14-20(22)35-25(23)30-24(32)15-8-6-5-7-9-15/h5-12,21H,4,13-14H2,1-3H3,(H,30,32). The topological polar surface area (TPSA) is 81.7 Å². The van der Waals surface area contributed by atoms with Gasteiger partial charge in [0.25, 0.3) is 5.91 Å². The highest BCUT2D eigenvalue weighted by Crippen LogP contribution is 2.50. The van der Waals surface area contributed by atoms with Gasteiger partial charge < -0.3 is 9.47 Å². The average molecular weight is 514 g/mol. The monoisotopic (exact) mass is 513 g/mol. The Hall–Kier alpha value is -3.09. The Morgan fingerprint density at radius 1 is 1.11 bits per heavy atom. The van der Waals surface area contributed by atoms with Gasteiger partial charge in [-0.25, -0.2) is 4.79 Å². The van der Waals surface area contributed by atoms with E-state index < -0.39 is 17.8 Å². The van der Waals surface area contributed by atoms with Crippen molar-refractivity contribution in [2.45, 2.75) is 39.5 Å². The molecule has 2 aliphatic rings. The molecule has 1 unspecified atom stereocenters. The molecule has 8 heteroatoms. The minimum absolute atomic E-state index is 0.00663. The number of carbonyl (C=O) groups is 3. The largest absolute Gasteiger partial charge is 0.462 e. The molecule has 0 bridgehead atoms. The first-order chi connectivity index (χ1) is 16.6. The summed E-state index contributed by atoms with van der Waals surface area (Å²) in [5.74, 6) is -1.89. The fourth-order valence-electron chi connectivity index (χ4n) is 4.47. The van der Waals surface area contributed by atoms with Crippen LogP contribution in [-0.2, 0) is 19.1 Å². The van der Waals surface area contributed by atoms with Crippen molar-refractivity contribution in [2.24, 2.45) is 5.41 Å². The molecule has 0 radical (unpaired) electrons. The molecule has 0 aromatic heterocycles. The summed E-state index contributed by atoms with van der Waals surface area (Å²) >= 11 is 12.7. The first kappa shape index (κ1) is 25.0. The van der Waals surface area contributed by atoms with E-state index in [9.17, 15) is 14.4 Å². The fourth-order valence-corrected chi connectivity index (χ4v) is 4.99. The van der Waals surface area contributed by atoms with Crippen LogP contribution in [0.1, 0.15) is 55.5 Å². The second kappa shape index (κ2) is 9.88. The molecule has 1 heterocycles. The lowest BCUT2D eigenvalue weighted by Gasteiger charge is -2.38. The number of ether oxygens (including phenoxy) is 2. The Bertz CT molecular complexity index is 1260. The second-order valence-corrected chi connectivity index (χ2v) is 10.1. The van der Waals surface area contributed by atoms with Crippen LogP contribution in [0.5, 0.6) is 0 Å². The van der Waals surface area contributed by atoms with Crippen molar-refractivity contribution < 1.29 is 23.9 Å². The fraction of sp³-hybridized carbons (Fsp3) is 0.296. The van der Waals surface area contributed by atoms with Gasteiger partial charge in [0.15, 0.2) is 5.78 Å². The van der Waals surface area contributed by atoms with Crippen molar-refractivity contribution >= 4 is 40.9 Å². The Balaban J connectivity index is 1.92. The predicted octanol–water partition coefficient (Wildman–Crippen LogP) is 5.96. The maximum absolute atomic E-state index is 13.4. The van der Waals surface area contributed by atoms with Crippen LogP contribution in [0.3, 0.4) is 0 Å². The highest BCUT2D eigenvalue weighted by molar-refractivity contribution is 6.35.